The summed E-state index contributed by atoms with van der Waals surface area (Å²) in [6.07, 6.45) is 2.56. The van der Waals surface area contributed by atoms with Gasteiger partial charge in [-0.2, -0.15) is 12.7 Å². The first kappa shape index (κ1) is 13.2. The highest BCUT2D eigenvalue weighted by atomic mass is 32.2. The Balaban J connectivity index is 2.07. The topological polar surface area (TPSA) is 99.6 Å². The summed E-state index contributed by atoms with van der Waals surface area (Å²) in [5, 5.41) is 10.9. The molecular weight excluding hydrogens is 278 g/mol. The first-order valence-electron chi connectivity index (χ1n) is 5.39. The largest absolute Gasteiger partial charge is 0.481 e. The van der Waals surface area contributed by atoms with E-state index in [1.165, 1.54) is 17.5 Å². The van der Waals surface area contributed by atoms with Crippen molar-refractivity contribution < 1.29 is 18.3 Å². The predicted molar refractivity (Wildman–Crippen MR) is 66.6 cm³/mol. The highest BCUT2D eigenvalue weighted by molar-refractivity contribution is 7.90. The minimum absolute atomic E-state index is 0.00996. The molecule has 2 rings (SSSR count). The van der Waals surface area contributed by atoms with Gasteiger partial charge in [0, 0.05) is 24.7 Å². The fourth-order valence-corrected chi connectivity index (χ4v) is 3.84. The summed E-state index contributed by atoms with van der Waals surface area (Å²) in [5.41, 5.74) is 0. The molecule has 18 heavy (non-hydrogen) atoms. The van der Waals surface area contributed by atoms with Crippen LogP contribution in [0.3, 0.4) is 0 Å². The zero-order valence-electron chi connectivity index (χ0n) is 9.44. The number of anilines is 1. The van der Waals surface area contributed by atoms with Gasteiger partial charge in [0.15, 0.2) is 5.13 Å². The molecule has 0 amide bonds. The van der Waals surface area contributed by atoms with E-state index in [0.29, 0.717) is 19.4 Å². The van der Waals surface area contributed by atoms with Crippen molar-refractivity contribution in [2.45, 2.75) is 12.8 Å². The lowest BCUT2D eigenvalue weighted by molar-refractivity contribution is -0.142. The van der Waals surface area contributed by atoms with Gasteiger partial charge in [0.1, 0.15) is 0 Å². The van der Waals surface area contributed by atoms with Crippen LogP contribution in [0.2, 0.25) is 0 Å². The van der Waals surface area contributed by atoms with Gasteiger partial charge in [-0.3, -0.25) is 4.79 Å². The van der Waals surface area contributed by atoms with E-state index in [9.17, 15) is 13.2 Å². The van der Waals surface area contributed by atoms with Crippen molar-refractivity contribution in [2.75, 3.05) is 17.8 Å². The van der Waals surface area contributed by atoms with E-state index in [1.807, 2.05) is 0 Å². The number of carboxylic acid groups (broad SMARTS) is 1. The molecule has 1 unspecified atom stereocenters. The smallest absolute Gasteiger partial charge is 0.307 e. The summed E-state index contributed by atoms with van der Waals surface area (Å²) in [5.74, 6) is -1.59. The molecule has 1 aliphatic rings. The molecule has 0 aromatic carbocycles. The van der Waals surface area contributed by atoms with Gasteiger partial charge >= 0.3 is 16.2 Å². The molecule has 2 N–H and O–H groups in total. The Hall–Kier alpha value is -1.19. The SMILES string of the molecule is O=C(O)C1CCCN(S(=O)(=O)Nc2nccs2)C1. The van der Waals surface area contributed by atoms with Crippen molar-refractivity contribution >= 4 is 32.6 Å². The highest BCUT2D eigenvalue weighted by Crippen LogP contribution is 2.21. The van der Waals surface area contributed by atoms with Gasteiger partial charge in [-0.05, 0) is 12.8 Å². The summed E-state index contributed by atoms with van der Waals surface area (Å²) in [6.45, 7) is 0.348. The molecular formula is C9H13N3O4S2. The molecule has 0 spiro atoms. The number of thiazole rings is 1. The lowest BCUT2D eigenvalue weighted by Crippen LogP contribution is -2.44. The van der Waals surface area contributed by atoms with Crippen molar-refractivity contribution in [1.29, 1.82) is 0 Å². The number of carboxylic acids is 1. The van der Waals surface area contributed by atoms with Gasteiger partial charge in [0.05, 0.1) is 5.92 Å². The zero-order chi connectivity index (χ0) is 13.2. The van der Waals surface area contributed by atoms with Crippen LogP contribution in [0.5, 0.6) is 0 Å². The number of nitrogens with one attached hydrogen (secondary N) is 1. The maximum Gasteiger partial charge on any atom is 0.307 e. The molecule has 1 fully saturated rings. The number of rotatable bonds is 4. The minimum Gasteiger partial charge on any atom is -0.481 e. The summed E-state index contributed by atoms with van der Waals surface area (Å²) < 4.78 is 27.5. The highest BCUT2D eigenvalue weighted by Gasteiger charge is 2.32. The molecule has 2 heterocycles. The summed E-state index contributed by atoms with van der Waals surface area (Å²) in [6, 6.07) is 0. The standard InChI is InChI=1S/C9H13N3O4S2/c13-8(14)7-2-1-4-12(6-7)18(15,16)11-9-10-3-5-17-9/h3,5,7H,1-2,4,6H2,(H,10,11)(H,13,14). The Kier molecular flexibility index (Phi) is 3.83. The first-order valence-corrected chi connectivity index (χ1v) is 7.71. The van der Waals surface area contributed by atoms with E-state index >= 15 is 0 Å². The zero-order valence-corrected chi connectivity index (χ0v) is 11.1. The average Bonchev–Trinajstić information content (AvgIpc) is 2.81. The van der Waals surface area contributed by atoms with Crippen LogP contribution >= 0.6 is 11.3 Å². The maximum absolute atomic E-state index is 12.0. The van der Waals surface area contributed by atoms with Crippen molar-refractivity contribution in [2.24, 2.45) is 5.92 Å². The molecule has 0 aliphatic carbocycles. The fourth-order valence-electron chi connectivity index (χ4n) is 1.81. The lowest BCUT2D eigenvalue weighted by atomic mass is 10.0. The quantitative estimate of drug-likeness (QED) is 0.846. The normalized spacial score (nSPS) is 21.7. The second-order valence-corrected chi connectivity index (χ2v) is 6.54. The molecule has 9 heteroatoms. The van der Waals surface area contributed by atoms with Crippen molar-refractivity contribution in [3.63, 3.8) is 0 Å². The Bertz CT molecular complexity index is 514. The molecule has 1 atom stereocenters. The molecule has 0 bridgehead atoms. The molecule has 0 radical (unpaired) electrons. The number of carbonyl (C=O) groups is 1. The van der Waals surface area contributed by atoms with Crippen molar-refractivity contribution in [3.05, 3.63) is 11.6 Å². The van der Waals surface area contributed by atoms with Crippen LogP contribution in [0.4, 0.5) is 5.13 Å². The summed E-state index contributed by atoms with van der Waals surface area (Å²) in [7, 11) is -3.70. The van der Waals surface area contributed by atoms with E-state index in [-0.39, 0.29) is 11.7 Å². The third-order valence-corrected chi connectivity index (χ3v) is 5.00. The average molecular weight is 291 g/mol. The van der Waals surface area contributed by atoms with Crippen LogP contribution in [-0.4, -0.2) is 41.9 Å². The number of aliphatic carboxylic acids is 1. The van der Waals surface area contributed by atoms with E-state index in [0.717, 1.165) is 4.31 Å². The number of nitrogens with zero attached hydrogens (tertiary/aromatic N) is 2. The number of aromatic nitrogens is 1. The molecule has 1 aromatic heterocycles. The fraction of sp³-hybridized carbons (Fsp3) is 0.556. The van der Waals surface area contributed by atoms with Gasteiger partial charge in [-0.15, -0.1) is 11.3 Å². The van der Waals surface area contributed by atoms with Gasteiger partial charge in [0.25, 0.3) is 0 Å². The van der Waals surface area contributed by atoms with Crippen molar-refractivity contribution in [3.8, 4) is 0 Å². The van der Waals surface area contributed by atoms with Crippen LogP contribution < -0.4 is 4.72 Å². The predicted octanol–water partition coefficient (Wildman–Crippen LogP) is 0.596. The molecule has 1 aromatic rings. The van der Waals surface area contributed by atoms with Gasteiger partial charge in [-0.1, -0.05) is 0 Å². The third-order valence-electron chi connectivity index (χ3n) is 2.72. The Labute approximate surface area is 109 Å². The van der Waals surface area contributed by atoms with E-state index in [1.54, 1.807) is 5.38 Å². The Morgan fingerprint density at radius 1 is 1.61 bits per heavy atom. The Morgan fingerprint density at radius 3 is 3.00 bits per heavy atom. The molecule has 0 saturated carbocycles. The van der Waals surface area contributed by atoms with Gasteiger partial charge < -0.3 is 5.11 Å². The van der Waals surface area contributed by atoms with Crippen LogP contribution in [0.15, 0.2) is 11.6 Å². The number of hydrogen-bond acceptors (Lipinski definition) is 5. The van der Waals surface area contributed by atoms with Crippen LogP contribution in [0, 0.1) is 5.92 Å². The van der Waals surface area contributed by atoms with E-state index < -0.39 is 22.1 Å². The molecule has 1 aliphatic heterocycles. The summed E-state index contributed by atoms with van der Waals surface area (Å²) in [4.78, 5) is 14.7. The summed E-state index contributed by atoms with van der Waals surface area (Å²) >= 11 is 1.18. The maximum atomic E-state index is 12.0. The molecule has 100 valence electrons. The molecule has 7 nitrogen and oxygen atoms in total. The first-order chi connectivity index (χ1) is 8.49. The second kappa shape index (κ2) is 5.21. The van der Waals surface area contributed by atoms with Crippen LogP contribution in [-0.2, 0) is 15.0 Å². The van der Waals surface area contributed by atoms with E-state index in [4.69, 9.17) is 5.11 Å². The van der Waals surface area contributed by atoms with Gasteiger partial charge in [-0.25, -0.2) is 9.71 Å². The third kappa shape index (κ3) is 2.98. The van der Waals surface area contributed by atoms with Crippen molar-refractivity contribution in [1.82, 2.24) is 9.29 Å². The second-order valence-electron chi connectivity index (χ2n) is 3.98. The number of hydrogen-bond donors (Lipinski definition) is 2. The number of piperidine rings is 1. The van der Waals surface area contributed by atoms with Crippen LogP contribution in [0.25, 0.3) is 0 Å². The Morgan fingerprint density at radius 2 is 2.39 bits per heavy atom. The van der Waals surface area contributed by atoms with Crippen LogP contribution in [0.1, 0.15) is 12.8 Å². The minimum atomic E-state index is -3.70. The monoisotopic (exact) mass is 291 g/mol. The lowest BCUT2D eigenvalue weighted by Gasteiger charge is -2.29. The van der Waals surface area contributed by atoms with Gasteiger partial charge in [0.2, 0.25) is 0 Å². The van der Waals surface area contributed by atoms with E-state index in [2.05, 4.69) is 9.71 Å². The molecule has 1 saturated heterocycles.